The Bertz CT molecular complexity index is 1520. The van der Waals surface area contributed by atoms with E-state index in [1.54, 1.807) is 0 Å². The molecule has 6 rings (SSSR count). The molecule has 5 aliphatic rings. The van der Waals surface area contributed by atoms with Crippen LogP contribution < -0.4 is 0 Å². The molecule has 1 N–H and O–H groups in total. The number of alkyl halides is 8. The Morgan fingerprint density at radius 1 is 0.649 bits per heavy atom. The lowest BCUT2D eigenvalue weighted by molar-refractivity contribution is 0.201. The Kier molecular flexibility index (Phi) is 6.13. The van der Waals surface area contributed by atoms with Gasteiger partial charge in [-0.05, 0) is 29.7 Å². The minimum absolute atomic E-state index is 0.0759. The molecule has 1 aromatic carbocycles. The van der Waals surface area contributed by atoms with Crippen LogP contribution in [0.2, 0.25) is 0 Å². The number of halogens is 12. The third kappa shape index (κ3) is 2.68. The molecule has 16 heteroatoms. The quantitative estimate of drug-likeness (QED) is 0.229. The minimum atomic E-state index is -4.68. The number of aryl methyl sites for hydroxylation is 1. The zero-order valence-corrected chi connectivity index (χ0v) is 27.6. The molecule has 37 heavy (non-hydrogen) atoms. The summed E-state index contributed by atoms with van der Waals surface area (Å²) in [6.07, 6.45) is 0. The lowest BCUT2D eigenvalue weighted by Crippen LogP contribution is -2.53. The molecule has 8 atom stereocenters. The summed E-state index contributed by atoms with van der Waals surface area (Å²) < 4.78 is 30.5. The molecule has 0 aliphatic heterocycles. The zero-order chi connectivity index (χ0) is 27.8. The Labute approximate surface area is 272 Å². The molecule has 2 saturated carbocycles. The summed E-state index contributed by atoms with van der Waals surface area (Å²) >= 11 is 83.3. The van der Waals surface area contributed by atoms with Gasteiger partial charge < -0.3 is 0 Å². The van der Waals surface area contributed by atoms with E-state index in [0.29, 0.717) is 5.56 Å². The lowest BCUT2D eigenvalue weighted by Gasteiger charge is -2.52. The lowest BCUT2D eigenvalue weighted by atomic mass is 9.57. The van der Waals surface area contributed by atoms with Gasteiger partial charge in [0.1, 0.15) is 19.5 Å². The van der Waals surface area contributed by atoms with Crippen LogP contribution in [-0.2, 0) is 10.1 Å². The van der Waals surface area contributed by atoms with Gasteiger partial charge in [-0.1, -0.05) is 98.9 Å². The molecule has 0 saturated heterocycles. The fourth-order valence-corrected chi connectivity index (χ4v) is 14.1. The smallest absolute Gasteiger partial charge is 0.282 e. The highest BCUT2D eigenvalue weighted by molar-refractivity contribution is 7.85. The predicted octanol–water partition coefficient (Wildman–Crippen LogP) is 9.35. The Morgan fingerprint density at radius 2 is 0.973 bits per heavy atom. The van der Waals surface area contributed by atoms with Crippen molar-refractivity contribution in [2.24, 2.45) is 11.8 Å². The molecule has 0 aromatic heterocycles. The summed E-state index contributed by atoms with van der Waals surface area (Å²) in [6.45, 7) is 1.49. The van der Waals surface area contributed by atoms with E-state index in [9.17, 15) is 13.0 Å². The summed E-state index contributed by atoms with van der Waals surface area (Å²) in [5, 5.41) is -0.397. The molecule has 0 heterocycles. The summed E-state index contributed by atoms with van der Waals surface area (Å²) in [5.74, 6) is -3.81. The SMILES string of the molecule is Cc1cc2c(cc1S(=O)(=O)O)C1C(C3C2C2(Cl)C(Cl)=C(Cl)C3(Cl)C2(Cl)Cl)C2(Cl)C(Cl)=C(Cl)C1(Cl)C2(Cl)Cl. The summed E-state index contributed by atoms with van der Waals surface area (Å²) in [6, 6.07) is 2.78. The molecule has 202 valence electrons. The van der Waals surface area contributed by atoms with E-state index in [1.165, 1.54) is 19.1 Å². The third-order valence-electron chi connectivity index (χ3n) is 8.70. The average Bonchev–Trinajstić information content (AvgIpc) is 3.12. The minimum Gasteiger partial charge on any atom is -0.282 e. The highest BCUT2D eigenvalue weighted by Gasteiger charge is 2.91. The highest BCUT2D eigenvalue weighted by atomic mass is 35.5. The second-order valence-electron chi connectivity index (χ2n) is 9.98. The monoisotopic (exact) mass is 762 g/mol. The maximum Gasteiger partial charge on any atom is 0.294 e. The number of benzene rings is 1. The van der Waals surface area contributed by atoms with Crippen LogP contribution >= 0.6 is 139 Å². The van der Waals surface area contributed by atoms with Crippen LogP contribution in [0.5, 0.6) is 0 Å². The first-order chi connectivity index (χ1) is 16.6. The van der Waals surface area contributed by atoms with Gasteiger partial charge in [-0.15, -0.1) is 46.4 Å². The second-order valence-corrected chi connectivity index (χ2v) is 17.9. The molecular formula is C21H10Cl12O3S. The van der Waals surface area contributed by atoms with Crippen molar-refractivity contribution in [2.75, 3.05) is 0 Å². The third-order valence-corrected chi connectivity index (χ3v) is 18.2. The van der Waals surface area contributed by atoms with Crippen LogP contribution in [0.3, 0.4) is 0 Å². The van der Waals surface area contributed by atoms with Crippen molar-refractivity contribution >= 4 is 149 Å². The van der Waals surface area contributed by atoms with Gasteiger partial charge in [0.25, 0.3) is 10.1 Å². The number of fused-ring (bicyclic) bond motifs is 14. The van der Waals surface area contributed by atoms with Gasteiger partial charge in [0, 0.05) is 23.7 Å². The number of rotatable bonds is 1. The van der Waals surface area contributed by atoms with E-state index in [2.05, 4.69) is 0 Å². The van der Waals surface area contributed by atoms with Gasteiger partial charge in [0.05, 0.1) is 25.0 Å². The standard InChI is InChI=1S/C21H10Cl12O3S/c1-4-2-5-6(3-7(4)37(34,35)36)9-11(19(29)15(25)13(23)17(9,27)21(19,32)33)10-8(5)16(26)12(22)14(24)18(10,28)20(16,30)31/h2-3,8-11H,1H3,(H,34,35,36). The van der Waals surface area contributed by atoms with E-state index in [-0.39, 0.29) is 36.2 Å². The van der Waals surface area contributed by atoms with Crippen LogP contribution in [0.1, 0.15) is 28.5 Å². The van der Waals surface area contributed by atoms with Crippen molar-refractivity contribution in [2.45, 2.75) is 51.8 Å². The topological polar surface area (TPSA) is 54.4 Å². The van der Waals surface area contributed by atoms with Crippen molar-refractivity contribution in [3.63, 3.8) is 0 Å². The van der Waals surface area contributed by atoms with Crippen LogP contribution in [0, 0.1) is 18.8 Å². The summed E-state index contributed by atoms with van der Waals surface area (Å²) in [5.41, 5.74) is 0.924. The first-order valence-corrected chi connectivity index (χ1v) is 16.4. The van der Waals surface area contributed by atoms with Gasteiger partial charge in [-0.2, -0.15) is 8.42 Å². The largest absolute Gasteiger partial charge is 0.294 e. The molecule has 1 aromatic rings. The van der Waals surface area contributed by atoms with Gasteiger partial charge in [0.15, 0.2) is 8.67 Å². The molecule has 0 radical (unpaired) electrons. The van der Waals surface area contributed by atoms with E-state index >= 15 is 0 Å². The predicted molar refractivity (Wildman–Crippen MR) is 154 cm³/mol. The summed E-state index contributed by atoms with van der Waals surface area (Å²) in [7, 11) is -4.68. The van der Waals surface area contributed by atoms with Gasteiger partial charge in [-0.25, -0.2) is 0 Å². The maximum absolute atomic E-state index is 12.3. The first kappa shape index (κ1) is 29.2. The first-order valence-electron chi connectivity index (χ1n) is 10.4. The van der Waals surface area contributed by atoms with E-state index in [4.69, 9.17) is 139 Å². The molecule has 4 bridgehead atoms. The molecule has 3 nitrogen and oxygen atoms in total. The van der Waals surface area contributed by atoms with E-state index in [0.717, 1.165) is 0 Å². The van der Waals surface area contributed by atoms with E-state index < -0.39 is 62.0 Å². The maximum atomic E-state index is 12.3. The molecule has 2 fully saturated rings. The molecule has 0 amide bonds. The van der Waals surface area contributed by atoms with Gasteiger partial charge in [-0.3, -0.25) is 4.55 Å². The van der Waals surface area contributed by atoms with Crippen molar-refractivity contribution in [1.29, 1.82) is 0 Å². The Hall–Kier alpha value is 2.09. The molecule has 0 spiro atoms. The second kappa shape index (κ2) is 7.78. The molecule has 5 aliphatic carbocycles. The number of hydrogen-bond donors (Lipinski definition) is 1. The number of hydrogen-bond acceptors (Lipinski definition) is 2. The zero-order valence-electron chi connectivity index (χ0n) is 17.7. The van der Waals surface area contributed by atoms with E-state index in [1.807, 2.05) is 0 Å². The summed E-state index contributed by atoms with van der Waals surface area (Å²) in [4.78, 5) is -7.71. The molecular weight excluding hydrogens is 758 g/mol. The van der Waals surface area contributed by atoms with Crippen LogP contribution in [0.15, 0.2) is 37.2 Å². The fraction of sp³-hybridized carbons (Fsp3) is 0.524. The van der Waals surface area contributed by atoms with Crippen molar-refractivity contribution < 1.29 is 13.0 Å². The van der Waals surface area contributed by atoms with Gasteiger partial charge >= 0.3 is 0 Å². The van der Waals surface area contributed by atoms with Crippen LogP contribution in [0.4, 0.5) is 0 Å². The average molecular weight is 768 g/mol. The Morgan fingerprint density at radius 3 is 1.32 bits per heavy atom. The number of allylic oxidation sites excluding steroid dienone is 4. The fourth-order valence-electron chi connectivity index (χ4n) is 7.32. The Balaban J connectivity index is 1.82. The van der Waals surface area contributed by atoms with Crippen LogP contribution in [0.25, 0.3) is 0 Å². The van der Waals surface area contributed by atoms with Crippen molar-refractivity contribution in [1.82, 2.24) is 0 Å². The molecule has 8 unspecified atom stereocenters. The highest BCUT2D eigenvalue weighted by Crippen LogP contribution is 2.88. The van der Waals surface area contributed by atoms with Gasteiger partial charge in [0.2, 0.25) is 0 Å². The van der Waals surface area contributed by atoms with Crippen molar-refractivity contribution in [3.05, 3.63) is 49.0 Å². The van der Waals surface area contributed by atoms with Crippen molar-refractivity contribution in [3.8, 4) is 0 Å². The normalized spacial score (nSPS) is 46.4. The van der Waals surface area contributed by atoms with Crippen LogP contribution in [-0.4, -0.2) is 41.1 Å².